The van der Waals surface area contributed by atoms with Gasteiger partial charge in [0.15, 0.2) is 0 Å². The van der Waals surface area contributed by atoms with E-state index in [0.717, 1.165) is 0 Å². The molecule has 1 amide bonds. The van der Waals surface area contributed by atoms with Gasteiger partial charge in [0.25, 0.3) is 11.6 Å². The summed E-state index contributed by atoms with van der Waals surface area (Å²) in [4.78, 5) is 21.6. The standard InChI is InChI=1S/C9H12ClN3O3/c1-6(4-10)11-9(14)8-3-7(13(15)16)5-12(8)2/h3,5-6H,4H2,1-2H3,(H,11,14). The predicted molar refractivity (Wildman–Crippen MR) is 59.7 cm³/mol. The molecule has 6 nitrogen and oxygen atoms in total. The molecule has 0 radical (unpaired) electrons. The van der Waals surface area contributed by atoms with Crippen LogP contribution in [0.4, 0.5) is 5.69 Å². The average Bonchev–Trinajstić information content (AvgIpc) is 2.60. The van der Waals surface area contributed by atoms with Crippen molar-refractivity contribution in [1.29, 1.82) is 0 Å². The normalized spacial score (nSPS) is 12.2. The van der Waals surface area contributed by atoms with Gasteiger partial charge in [0.1, 0.15) is 5.69 Å². The van der Waals surface area contributed by atoms with Crippen molar-refractivity contribution in [3.63, 3.8) is 0 Å². The molecule has 0 saturated heterocycles. The monoisotopic (exact) mass is 245 g/mol. The van der Waals surface area contributed by atoms with Gasteiger partial charge >= 0.3 is 0 Å². The van der Waals surface area contributed by atoms with Crippen LogP contribution in [0.15, 0.2) is 12.3 Å². The summed E-state index contributed by atoms with van der Waals surface area (Å²) >= 11 is 5.55. The van der Waals surface area contributed by atoms with E-state index in [-0.39, 0.29) is 29.2 Å². The number of carbonyl (C=O) groups excluding carboxylic acids is 1. The van der Waals surface area contributed by atoms with E-state index in [9.17, 15) is 14.9 Å². The molecule has 1 rings (SSSR count). The Hall–Kier alpha value is -1.56. The lowest BCUT2D eigenvalue weighted by Crippen LogP contribution is -2.34. The molecule has 0 aliphatic rings. The Labute approximate surface area is 97.3 Å². The molecule has 1 heterocycles. The Balaban J connectivity index is 2.87. The van der Waals surface area contributed by atoms with Crippen LogP contribution in [0.25, 0.3) is 0 Å². The highest BCUT2D eigenvalue weighted by molar-refractivity contribution is 6.18. The van der Waals surface area contributed by atoms with E-state index in [4.69, 9.17) is 11.6 Å². The van der Waals surface area contributed by atoms with Gasteiger partial charge in [-0.15, -0.1) is 11.6 Å². The lowest BCUT2D eigenvalue weighted by Gasteiger charge is -2.10. The fourth-order valence-electron chi connectivity index (χ4n) is 1.21. The average molecular weight is 246 g/mol. The first-order valence-electron chi connectivity index (χ1n) is 4.63. The summed E-state index contributed by atoms with van der Waals surface area (Å²) < 4.78 is 1.41. The summed E-state index contributed by atoms with van der Waals surface area (Å²) in [6.07, 6.45) is 1.29. The van der Waals surface area contributed by atoms with E-state index < -0.39 is 4.92 Å². The van der Waals surface area contributed by atoms with Gasteiger partial charge in [-0.3, -0.25) is 14.9 Å². The first-order valence-corrected chi connectivity index (χ1v) is 5.16. The Morgan fingerprint density at radius 2 is 2.38 bits per heavy atom. The van der Waals surface area contributed by atoms with Gasteiger partial charge in [0, 0.05) is 25.0 Å². The van der Waals surface area contributed by atoms with Gasteiger partial charge in [-0.1, -0.05) is 0 Å². The topological polar surface area (TPSA) is 77.2 Å². The van der Waals surface area contributed by atoms with Crippen molar-refractivity contribution in [1.82, 2.24) is 9.88 Å². The van der Waals surface area contributed by atoms with Crippen LogP contribution in [-0.2, 0) is 7.05 Å². The van der Waals surface area contributed by atoms with Gasteiger partial charge in [0.2, 0.25) is 0 Å². The molecule has 0 fully saturated rings. The summed E-state index contributed by atoms with van der Waals surface area (Å²) in [6.45, 7) is 1.75. The molecular formula is C9H12ClN3O3. The third kappa shape index (κ3) is 2.73. The highest BCUT2D eigenvalue weighted by Crippen LogP contribution is 2.15. The third-order valence-corrected chi connectivity index (χ3v) is 2.51. The predicted octanol–water partition coefficient (Wildman–Crippen LogP) is 1.29. The van der Waals surface area contributed by atoms with Gasteiger partial charge in [0.05, 0.1) is 11.1 Å². The lowest BCUT2D eigenvalue weighted by atomic mass is 10.3. The molecule has 0 saturated carbocycles. The maximum atomic E-state index is 11.7. The molecule has 0 aliphatic heterocycles. The quantitative estimate of drug-likeness (QED) is 0.493. The number of rotatable bonds is 4. The molecular weight excluding hydrogens is 234 g/mol. The van der Waals surface area contributed by atoms with Crippen LogP contribution in [-0.4, -0.2) is 27.3 Å². The van der Waals surface area contributed by atoms with Crippen LogP contribution < -0.4 is 5.32 Å². The van der Waals surface area contributed by atoms with Gasteiger partial charge in [-0.25, -0.2) is 0 Å². The number of carbonyl (C=O) groups is 1. The number of halogens is 1. The fourth-order valence-corrected chi connectivity index (χ4v) is 1.29. The number of nitrogens with one attached hydrogen (secondary N) is 1. The van der Waals surface area contributed by atoms with Crippen molar-refractivity contribution >= 4 is 23.2 Å². The molecule has 16 heavy (non-hydrogen) atoms. The second kappa shape index (κ2) is 4.98. The Kier molecular flexibility index (Phi) is 3.89. The van der Waals surface area contributed by atoms with E-state index >= 15 is 0 Å². The van der Waals surface area contributed by atoms with Crippen molar-refractivity contribution in [3.05, 3.63) is 28.1 Å². The molecule has 88 valence electrons. The van der Waals surface area contributed by atoms with Crippen LogP contribution in [0, 0.1) is 10.1 Å². The SMILES string of the molecule is CC(CCl)NC(=O)c1cc([N+](=O)[O-])cn1C. The van der Waals surface area contributed by atoms with E-state index in [1.54, 1.807) is 14.0 Å². The first-order chi connectivity index (χ1) is 7.45. The highest BCUT2D eigenvalue weighted by atomic mass is 35.5. The zero-order chi connectivity index (χ0) is 12.3. The van der Waals surface area contributed by atoms with Crippen molar-refractivity contribution < 1.29 is 9.72 Å². The number of aryl methyl sites for hydroxylation is 1. The van der Waals surface area contributed by atoms with E-state index in [1.807, 2.05) is 0 Å². The smallest absolute Gasteiger partial charge is 0.287 e. The van der Waals surface area contributed by atoms with Crippen molar-refractivity contribution in [2.24, 2.45) is 7.05 Å². The van der Waals surface area contributed by atoms with Crippen molar-refractivity contribution in [2.75, 3.05) is 5.88 Å². The summed E-state index contributed by atoms with van der Waals surface area (Å²) in [5.74, 6) is -0.0816. The molecule has 0 aromatic carbocycles. The minimum atomic E-state index is -0.540. The Morgan fingerprint density at radius 3 is 2.81 bits per heavy atom. The summed E-state index contributed by atoms with van der Waals surface area (Å²) in [5.41, 5.74) is 0.134. The number of aromatic nitrogens is 1. The number of nitro groups is 1. The Bertz CT molecular complexity index is 416. The van der Waals surface area contributed by atoms with E-state index in [2.05, 4.69) is 5.32 Å². The zero-order valence-electron chi connectivity index (χ0n) is 8.94. The molecule has 1 aromatic rings. The highest BCUT2D eigenvalue weighted by Gasteiger charge is 2.18. The Morgan fingerprint density at radius 1 is 1.75 bits per heavy atom. The minimum Gasteiger partial charge on any atom is -0.347 e. The number of nitrogens with zero attached hydrogens (tertiary/aromatic N) is 2. The van der Waals surface area contributed by atoms with E-state index in [0.29, 0.717) is 0 Å². The molecule has 1 aromatic heterocycles. The van der Waals surface area contributed by atoms with Crippen LogP contribution >= 0.6 is 11.6 Å². The largest absolute Gasteiger partial charge is 0.347 e. The number of hydrogen-bond donors (Lipinski definition) is 1. The van der Waals surface area contributed by atoms with Crippen molar-refractivity contribution in [3.8, 4) is 0 Å². The van der Waals surface area contributed by atoms with Crippen LogP contribution in [0.5, 0.6) is 0 Å². The fraction of sp³-hybridized carbons (Fsp3) is 0.444. The number of alkyl halides is 1. The van der Waals surface area contributed by atoms with Gasteiger partial charge < -0.3 is 9.88 Å². The third-order valence-electron chi connectivity index (χ3n) is 2.04. The minimum absolute atomic E-state index is 0.105. The second-order valence-corrected chi connectivity index (χ2v) is 3.79. The molecule has 1 N–H and O–H groups in total. The maximum Gasteiger partial charge on any atom is 0.287 e. The summed E-state index contributed by atoms with van der Waals surface area (Å²) in [6, 6.07) is 1.05. The first kappa shape index (κ1) is 12.5. The second-order valence-electron chi connectivity index (χ2n) is 3.48. The molecule has 0 aliphatic carbocycles. The van der Waals surface area contributed by atoms with Gasteiger partial charge in [-0.05, 0) is 6.92 Å². The van der Waals surface area contributed by atoms with Crippen LogP contribution in [0.3, 0.4) is 0 Å². The van der Waals surface area contributed by atoms with E-state index in [1.165, 1.54) is 16.8 Å². The lowest BCUT2D eigenvalue weighted by molar-refractivity contribution is -0.384. The molecule has 1 atom stereocenters. The molecule has 0 spiro atoms. The zero-order valence-corrected chi connectivity index (χ0v) is 9.69. The number of amides is 1. The molecule has 0 bridgehead atoms. The molecule has 1 unspecified atom stereocenters. The molecule has 7 heteroatoms. The summed E-state index contributed by atoms with van der Waals surface area (Å²) in [5, 5.41) is 13.1. The van der Waals surface area contributed by atoms with Crippen molar-refractivity contribution in [2.45, 2.75) is 13.0 Å². The van der Waals surface area contributed by atoms with Crippen LogP contribution in [0.2, 0.25) is 0 Å². The van der Waals surface area contributed by atoms with Crippen LogP contribution in [0.1, 0.15) is 17.4 Å². The number of hydrogen-bond acceptors (Lipinski definition) is 3. The van der Waals surface area contributed by atoms with Gasteiger partial charge in [-0.2, -0.15) is 0 Å². The maximum absolute atomic E-state index is 11.7. The summed E-state index contributed by atoms with van der Waals surface area (Å²) in [7, 11) is 1.58.